The van der Waals surface area contributed by atoms with Crippen molar-refractivity contribution in [1.29, 1.82) is 0 Å². The zero-order chi connectivity index (χ0) is 20.4. The smallest absolute Gasteiger partial charge is 0.262 e. The number of fused-ring (bicyclic) bond motifs is 1. The van der Waals surface area contributed by atoms with Crippen molar-refractivity contribution in [2.75, 3.05) is 0 Å². The van der Waals surface area contributed by atoms with Gasteiger partial charge in [0.25, 0.3) is 5.56 Å². The highest BCUT2D eigenvalue weighted by atomic mass is 32.2. The number of ketones is 1. The average Bonchev–Trinajstić information content (AvgIpc) is 2.69. The first kappa shape index (κ1) is 20.2. The number of hydrogen-bond donors (Lipinski definition) is 0. The summed E-state index contributed by atoms with van der Waals surface area (Å²) in [5.74, 6) is -2.43. The molecule has 4 nitrogen and oxygen atoms in total. The second-order valence-electron chi connectivity index (χ2n) is 6.60. The molecule has 0 aliphatic heterocycles. The molecule has 0 spiro atoms. The van der Waals surface area contributed by atoms with Crippen molar-refractivity contribution in [2.24, 2.45) is 0 Å². The molecule has 28 heavy (non-hydrogen) atoms. The van der Waals surface area contributed by atoms with Crippen LogP contribution in [0.1, 0.15) is 43.6 Å². The molecule has 0 amide bonds. The molecule has 7 heteroatoms. The van der Waals surface area contributed by atoms with Crippen molar-refractivity contribution in [3.05, 3.63) is 70.0 Å². The summed E-state index contributed by atoms with van der Waals surface area (Å²) < 4.78 is 28.2. The number of nitrogens with zero attached hydrogens (tertiary/aromatic N) is 2. The van der Waals surface area contributed by atoms with Crippen LogP contribution >= 0.6 is 11.8 Å². The van der Waals surface area contributed by atoms with Crippen LogP contribution in [-0.4, -0.2) is 20.6 Å². The first-order valence-corrected chi connectivity index (χ1v) is 9.88. The summed E-state index contributed by atoms with van der Waals surface area (Å²) in [4.78, 5) is 30.3. The van der Waals surface area contributed by atoms with E-state index in [1.54, 1.807) is 35.8 Å². The van der Waals surface area contributed by atoms with E-state index >= 15 is 0 Å². The minimum atomic E-state index is -1.07. The van der Waals surface area contributed by atoms with E-state index in [-0.39, 0.29) is 22.9 Å². The highest BCUT2D eigenvalue weighted by Gasteiger charge is 2.23. The van der Waals surface area contributed by atoms with Gasteiger partial charge in [-0.15, -0.1) is 0 Å². The lowest BCUT2D eigenvalue weighted by atomic mass is 10.1. The zero-order valence-electron chi connectivity index (χ0n) is 15.8. The fourth-order valence-electron chi connectivity index (χ4n) is 2.88. The summed E-state index contributed by atoms with van der Waals surface area (Å²) in [6.07, 6.45) is 0.721. The molecule has 3 aromatic rings. The van der Waals surface area contributed by atoms with Gasteiger partial charge >= 0.3 is 0 Å². The molecule has 0 aliphatic rings. The lowest BCUT2D eigenvalue weighted by molar-refractivity contribution is 0.0993. The van der Waals surface area contributed by atoms with Crippen LogP contribution in [0, 0.1) is 11.6 Å². The third kappa shape index (κ3) is 3.85. The largest absolute Gasteiger partial charge is 0.293 e. The van der Waals surface area contributed by atoms with Crippen LogP contribution in [0.15, 0.2) is 52.4 Å². The average molecular weight is 402 g/mol. The van der Waals surface area contributed by atoms with Crippen LogP contribution in [0.25, 0.3) is 10.9 Å². The molecule has 0 radical (unpaired) electrons. The van der Waals surface area contributed by atoms with Crippen molar-refractivity contribution in [3.63, 3.8) is 0 Å². The third-order valence-corrected chi connectivity index (χ3v) is 5.73. The second kappa shape index (κ2) is 8.22. The maximum Gasteiger partial charge on any atom is 0.262 e. The Balaban J connectivity index is 2.01. The van der Waals surface area contributed by atoms with E-state index in [2.05, 4.69) is 4.98 Å². The Hall–Kier alpha value is -2.54. The first-order chi connectivity index (χ1) is 13.3. The van der Waals surface area contributed by atoms with E-state index in [1.807, 2.05) is 13.8 Å². The fraction of sp³-hybridized carbons (Fsp3) is 0.286. The van der Waals surface area contributed by atoms with E-state index in [0.717, 1.165) is 30.3 Å². The molecule has 0 bridgehead atoms. The zero-order valence-corrected chi connectivity index (χ0v) is 16.6. The van der Waals surface area contributed by atoms with E-state index in [4.69, 9.17) is 0 Å². The van der Waals surface area contributed by atoms with Gasteiger partial charge in [-0.25, -0.2) is 13.8 Å². The molecule has 0 fully saturated rings. The van der Waals surface area contributed by atoms with Gasteiger partial charge in [-0.3, -0.25) is 14.2 Å². The van der Waals surface area contributed by atoms with Crippen LogP contribution in [0.2, 0.25) is 0 Å². The van der Waals surface area contributed by atoms with Gasteiger partial charge in [0.15, 0.2) is 22.6 Å². The lowest BCUT2D eigenvalue weighted by Gasteiger charge is -2.20. The van der Waals surface area contributed by atoms with Crippen LogP contribution in [0.5, 0.6) is 0 Å². The normalized spacial score (nSPS) is 13.5. The highest BCUT2D eigenvalue weighted by Crippen LogP contribution is 2.28. The number of carbonyl (C=O) groups excluding carboxylic acids is 1. The number of benzene rings is 2. The number of Topliss-reactive ketones (excluding diaryl/α,β-unsaturated/α-hetero) is 1. The molecule has 0 saturated carbocycles. The van der Waals surface area contributed by atoms with Gasteiger partial charge in [-0.05, 0) is 50.6 Å². The predicted molar refractivity (Wildman–Crippen MR) is 107 cm³/mol. The van der Waals surface area contributed by atoms with Gasteiger partial charge in [0.1, 0.15) is 0 Å². The SMILES string of the molecule is CC[C@@H](C)n1c(S[C@@H](C)C(=O)c2ccc(F)c(F)c2)nc2ccccc2c1=O. The minimum Gasteiger partial charge on any atom is -0.293 e. The van der Waals surface area contributed by atoms with E-state index < -0.39 is 16.9 Å². The number of halogens is 2. The standard InChI is InChI=1S/C21H20F2N2O2S/c1-4-12(2)25-20(27)15-7-5-6-8-18(15)24-21(25)28-13(3)19(26)14-9-10-16(22)17(23)11-14/h5-13H,4H2,1-3H3/t12-,13+/m1/s1. The molecule has 146 valence electrons. The Morgan fingerprint density at radius 3 is 2.54 bits per heavy atom. The van der Waals surface area contributed by atoms with E-state index in [0.29, 0.717) is 16.1 Å². The molecule has 0 N–H and O–H groups in total. The molecular formula is C21H20F2N2O2S. The molecule has 2 aromatic carbocycles. The molecule has 0 unspecified atom stereocenters. The summed E-state index contributed by atoms with van der Waals surface area (Å²) in [7, 11) is 0. The van der Waals surface area contributed by atoms with Crippen LogP contribution in [0.4, 0.5) is 8.78 Å². The third-order valence-electron chi connectivity index (χ3n) is 4.66. The summed E-state index contributed by atoms with van der Waals surface area (Å²) in [6.45, 7) is 5.55. The summed E-state index contributed by atoms with van der Waals surface area (Å²) in [6, 6.07) is 10.1. The van der Waals surface area contributed by atoms with Crippen LogP contribution in [0.3, 0.4) is 0 Å². The highest BCUT2D eigenvalue weighted by molar-refractivity contribution is 8.00. The molecule has 0 saturated heterocycles. The lowest BCUT2D eigenvalue weighted by Crippen LogP contribution is -2.27. The summed E-state index contributed by atoms with van der Waals surface area (Å²) in [5.41, 5.74) is 0.481. The fourth-order valence-corrected chi connectivity index (χ4v) is 3.96. The van der Waals surface area contributed by atoms with Crippen molar-refractivity contribution < 1.29 is 13.6 Å². The van der Waals surface area contributed by atoms with Gasteiger partial charge in [0, 0.05) is 11.6 Å². The van der Waals surface area contributed by atoms with Crippen molar-refractivity contribution in [2.45, 2.75) is 43.6 Å². The monoisotopic (exact) mass is 402 g/mol. The number of aromatic nitrogens is 2. The number of carbonyl (C=O) groups is 1. The van der Waals surface area contributed by atoms with Crippen LogP contribution in [-0.2, 0) is 0 Å². The Kier molecular flexibility index (Phi) is 5.93. The molecule has 3 rings (SSSR count). The molecule has 2 atom stereocenters. The molecule has 1 heterocycles. The predicted octanol–water partition coefficient (Wildman–Crippen LogP) is 5.01. The van der Waals surface area contributed by atoms with E-state index in [1.165, 1.54) is 6.07 Å². The minimum absolute atomic E-state index is 0.0807. The first-order valence-electron chi connectivity index (χ1n) is 9.00. The molecular weight excluding hydrogens is 382 g/mol. The van der Waals surface area contributed by atoms with Gasteiger partial charge in [-0.1, -0.05) is 30.8 Å². The molecule has 1 aromatic heterocycles. The van der Waals surface area contributed by atoms with Gasteiger partial charge < -0.3 is 0 Å². The maximum absolute atomic E-state index is 13.5. The van der Waals surface area contributed by atoms with Gasteiger partial charge in [-0.2, -0.15) is 0 Å². The quantitative estimate of drug-likeness (QED) is 0.330. The Morgan fingerprint density at radius 1 is 1.14 bits per heavy atom. The number of para-hydroxylation sites is 1. The number of rotatable bonds is 6. The van der Waals surface area contributed by atoms with Crippen molar-refractivity contribution in [3.8, 4) is 0 Å². The topological polar surface area (TPSA) is 52.0 Å². The number of hydrogen-bond acceptors (Lipinski definition) is 4. The number of thioether (sulfide) groups is 1. The Bertz CT molecular complexity index is 1100. The van der Waals surface area contributed by atoms with E-state index in [9.17, 15) is 18.4 Å². The Labute approximate surface area is 165 Å². The van der Waals surface area contributed by atoms with Gasteiger partial charge in [0.2, 0.25) is 0 Å². The maximum atomic E-state index is 13.5. The summed E-state index contributed by atoms with van der Waals surface area (Å²) in [5, 5.41) is 0.321. The summed E-state index contributed by atoms with van der Waals surface area (Å²) >= 11 is 1.14. The van der Waals surface area contributed by atoms with Crippen molar-refractivity contribution in [1.82, 2.24) is 9.55 Å². The van der Waals surface area contributed by atoms with Gasteiger partial charge in [0.05, 0.1) is 16.2 Å². The van der Waals surface area contributed by atoms with Crippen LogP contribution < -0.4 is 5.56 Å². The molecule has 0 aliphatic carbocycles. The Morgan fingerprint density at radius 2 is 1.86 bits per heavy atom. The second-order valence-corrected chi connectivity index (χ2v) is 7.91. The van der Waals surface area contributed by atoms with Crippen molar-refractivity contribution >= 4 is 28.4 Å².